The van der Waals surface area contributed by atoms with E-state index in [1.807, 2.05) is 35.9 Å². The number of ether oxygens (including phenoxy) is 1. The first-order valence-corrected chi connectivity index (χ1v) is 12.0. The zero-order chi connectivity index (χ0) is 24.9. The van der Waals surface area contributed by atoms with Crippen molar-refractivity contribution < 1.29 is 17.9 Å². The Labute approximate surface area is 205 Å². The van der Waals surface area contributed by atoms with Crippen molar-refractivity contribution in [3.63, 3.8) is 0 Å². The monoisotopic (exact) mass is 497 g/mol. The van der Waals surface area contributed by atoms with Crippen LogP contribution in [0.2, 0.25) is 0 Å². The number of aromatic nitrogens is 6. The highest BCUT2D eigenvalue weighted by molar-refractivity contribution is 5.91. The van der Waals surface area contributed by atoms with Gasteiger partial charge in [0.2, 0.25) is 0 Å². The Balaban J connectivity index is 1.41. The third-order valence-electron chi connectivity index (χ3n) is 7.29. The largest absolute Gasteiger partial charge is 0.433 e. The minimum absolute atomic E-state index is 0.239. The normalized spacial score (nSPS) is 18.1. The lowest BCUT2D eigenvalue weighted by Crippen LogP contribution is -2.49. The van der Waals surface area contributed by atoms with Gasteiger partial charge in [0.15, 0.2) is 0 Å². The molecule has 188 valence electrons. The summed E-state index contributed by atoms with van der Waals surface area (Å²) in [6.07, 6.45) is -0.126. The number of benzene rings is 1. The molecule has 2 aliphatic rings. The molecule has 0 radical (unpaired) electrons. The molecule has 0 amide bonds. The van der Waals surface area contributed by atoms with E-state index in [0.29, 0.717) is 48.5 Å². The van der Waals surface area contributed by atoms with Gasteiger partial charge in [0.05, 0.1) is 18.7 Å². The van der Waals surface area contributed by atoms with Crippen molar-refractivity contribution in [3.05, 3.63) is 59.3 Å². The molecule has 2 saturated heterocycles. The Kier molecular flexibility index (Phi) is 5.56. The van der Waals surface area contributed by atoms with Crippen LogP contribution in [0.15, 0.2) is 36.7 Å². The summed E-state index contributed by atoms with van der Waals surface area (Å²) in [6.45, 7) is 3.25. The molecule has 1 aromatic carbocycles. The van der Waals surface area contributed by atoms with Crippen LogP contribution in [0.4, 0.5) is 13.2 Å². The molecule has 8 nitrogen and oxygen atoms in total. The molecule has 0 atom stereocenters. The van der Waals surface area contributed by atoms with E-state index in [2.05, 4.69) is 30.3 Å². The third kappa shape index (κ3) is 4.05. The van der Waals surface area contributed by atoms with Crippen molar-refractivity contribution in [2.24, 2.45) is 7.05 Å². The number of nitrogens with zero attached hydrogens (tertiary/aromatic N) is 6. The standard InChI is InChI=1S/C25H26F3N7O/c1-34-15-29-31-20(34)11-24(13-36-14-24)18-6-4-5-16(9-18)21-23-22(33-32-21)17(12-35-7-2-3-8-35)10-19(30-23)25(26,27)28/h4-6,9-10,15H,2-3,7-8,11-14H2,1H3,(H,32,33). The first-order chi connectivity index (χ1) is 17.3. The molecular weight excluding hydrogens is 471 g/mol. The number of alkyl halides is 3. The van der Waals surface area contributed by atoms with Crippen molar-refractivity contribution in [1.82, 2.24) is 34.8 Å². The van der Waals surface area contributed by atoms with Gasteiger partial charge in [-0.1, -0.05) is 18.2 Å². The minimum atomic E-state index is -4.55. The number of aryl methyl sites for hydroxylation is 1. The second kappa shape index (κ2) is 8.67. The van der Waals surface area contributed by atoms with E-state index in [1.165, 1.54) is 0 Å². The minimum Gasteiger partial charge on any atom is -0.379 e. The average Bonchev–Trinajstić information content (AvgIpc) is 3.57. The fourth-order valence-corrected chi connectivity index (χ4v) is 5.20. The highest BCUT2D eigenvalue weighted by Gasteiger charge is 2.42. The van der Waals surface area contributed by atoms with Gasteiger partial charge >= 0.3 is 6.18 Å². The number of nitrogens with one attached hydrogen (secondary N) is 1. The summed E-state index contributed by atoms with van der Waals surface area (Å²) >= 11 is 0. The zero-order valence-corrected chi connectivity index (χ0v) is 19.8. The molecular formula is C25H26F3N7O. The van der Waals surface area contributed by atoms with Crippen LogP contribution < -0.4 is 0 Å². The Morgan fingerprint density at radius 1 is 1.14 bits per heavy atom. The van der Waals surface area contributed by atoms with Gasteiger partial charge < -0.3 is 9.30 Å². The predicted molar refractivity (Wildman–Crippen MR) is 126 cm³/mol. The predicted octanol–water partition coefficient (Wildman–Crippen LogP) is 3.88. The molecule has 0 spiro atoms. The second-order valence-electron chi connectivity index (χ2n) is 9.83. The number of aromatic amines is 1. The molecule has 0 bridgehead atoms. The maximum atomic E-state index is 13.8. The summed E-state index contributed by atoms with van der Waals surface area (Å²) in [6, 6.07) is 8.92. The Morgan fingerprint density at radius 3 is 2.61 bits per heavy atom. The lowest BCUT2D eigenvalue weighted by atomic mass is 9.75. The molecule has 5 heterocycles. The number of likely N-dealkylation sites (tertiary alicyclic amines) is 1. The summed E-state index contributed by atoms with van der Waals surface area (Å²) in [5, 5.41) is 15.6. The van der Waals surface area contributed by atoms with Crippen LogP contribution in [0.1, 0.15) is 35.5 Å². The first-order valence-electron chi connectivity index (χ1n) is 12.0. The highest BCUT2D eigenvalue weighted by Crippen LogP contribution is 2.39. The number of hydrogen-bond donors (Lipinski definition) is 1. The van der Waals surface area contributed by atoms with E-state index in [1.54, 1.807) is 6.33 Å². The molecule has 3 aromatic heterocycles. The zero-order valence-electron chi connectivity index (χ0n) is 19.8. The van der Waals surface area contributed by atoms with Crippen LogP contribution in [0, 0.1) is 0 Å². The van der Waals surface area contributed by atoms with Crippen molar-refractivity contribution in [3.8, 4) is 11.3 Å². The SMILES string of the molecule is Cn1cnnc1CC1(c2cccc(-c3n[nH]c4c(CN5CCCC5)cc(C(F)(F)F)nc34)c2)COC1. The number of rotatable bonds is 6. The van der Waals surface area contributed by atoms with Crippen molar-refractivity contribution >= 4 is 11.0 Å². The molecule has 4 aromatic rings. The molecule has 0 aliphatic carbocycles. The van der Waals surface area contributed by atoms with E-state index in [-0.39, 0.29) is 10.9 Å². The van der Waals surface area contributed by atoms with Gasteiger partial charge in [-0.25, -0.2) is 4.98 Å². The number of halogens is 3. The van der Waals surface area contributed by atoms with Crippen LogP contribution in [-0.4, -0.2) is 61.1 Å². The second-order valence-corrected chi connectivity index (χ2v) is 9.83. The van der Waals surface area contributed by atoms with E-state index in [9.17, 15) is 13.2 Å². The number of pyridine rings is 1. The molecule has 2 aliphatic heterocycles. The lowest BCUT2D eigenvalue weighted by Gasteiger charge is -2.41. The van der Waals surface area contributed by atoms with Gasteiger partial charge in [0.25, 0.3) is 0 Å². The summed E-state index contributed by atoms with van der Waals surface area (Å²) < 4.78 is 48.9. The number of hydrogen-bond acceptors (Lipinski definition) is 6. The summed E-state index contributed by atoms with van der Waals surface area (Å²) in [5.74, 6) is 0.844. The van der Waals surface area contributed by atoms with Gasteiger partial charge in [-0.15, -0.1) is 10.2 Å². The van der Waals surface area contributed by atoms with Gasteiger partial charge in [-0.2, -0.15) is 18.3 Å². The van der Waals surface area contributed by atoms with E-state index >= 15 is 0 Å². The third-order valence-corrected chi connectivity index (χ3v) is 7.29. The first kappa shape index (κ1) is 23.1. The molecule has 0 saturated carbocycles. The summed E-state index contributed by atoms with van der Waals surface area (Å²) in [5.41, 5.74) is 2.32. The van der Waals surface area contributed by atoms with Gasteiger partial charge in [-0.05, 0) is 49.2 Å². The molecule has 2 fully saturated rings. The average molecular weight is 498 g/mol. The van der Waals surface area contributed by atoms with Crippen LogP contribution >= 0.6 is 0 Å². The quantitative estimate of drug-likeness (QED) is 0.435. The molecule has 1 N–H and O–H groups in total. The van der Waals surface area contributed by atoms with Crippen molar-refractivity contribution in [1.29, 1.82) is 0 Å². The smallest absolute Gasteiger partial charge is 0.379 e. The van der Waals surface area contributed by atoms with Gasteiger partial charge in [0.1, 0.15) is 29.1 Å². The highest BCUT2D eigenvalue weighted by atomic mass is 19.4. The topological polar surface area (TPSA) is 84.8 Å². The van der Waals surface area contributed by atoms with Crippen LogP contribution in [0.25, 0.3) is 22.3 Å². The molecule has 6 rings (SSSR count). The van der Waals surface area contributed by atoms with Crippen LogP contribution in [-0.2, 0) is 36.3 Å². The lowest BCUT2D eigenvalue weighted by molar-refractivity contribution is -0.141. The summed E-state index contributed by atoms with van der Waals surface area (Å²) in [7, 11) is 1.90. The number of H-pyrrole nitrogens is 1. The maximum absolute atomic E-state index is 13.8. The summed E-state index contributed by atoms with van der Waals surface area (Å²) in [4.78, 5) is 6.20. The molecule has 36 heavy (non-hydrogen) atoms. The van der Waals surface area contributed by atoms with E-state index in [0.717, 1.165) is 43.4 Å². The van der Waals surface area contributed by atoms with Gasteiger partial charge in [-0.3, -0.25) is 10.00 Å². The number of fused-ring (bicyclic) bond motifs is 1. The van der Waals surface area contributed by atoms with Crippen molar-refractivity contribution in [2.45, 2.75) is 37.4 Å². The Morgan fingerprint density at radius 2 is 1.94 bits per heavy atom. The fraction of sp³-hybridized carbons (Fsp3) is 0.440. The van der Waals surface area contributed by atoms with Crippen LogP contribution in [0.3, 0.4) is 0 Å². The molecule has 0 unspecified atom stereocenters. The fourth-order valence-electron chi connectivity index (χ4n) is 5.20. The Bertz CT molecular complexity index is 1400. The van der Waals surface area contributed by atoms with Gasteiger partial charge in [0, 0.05) is 31.0 Å². The maximum Gasteiger partial charge on any atom is 0.433 e. The Hall–Kier alpha value is -3.31. The van der Waals surface area contributed by atoms with Crippen molar-refractivity contribution in [2.75, 3.05) is 26.3 Å². The molecule has 11 heteroatoms. The van der Waals surface area contributed by atoms with E-state index < -0.39 is 11.9 Å². The van der Waals surface area contributed by atoms with Crippen LogP contribution in [0.5, 0.6) is 0 Å². The van der Waals surface area contributed by atoms with E-state index in [4.69, 9.17) is 4.74 Å².